The second kappa shape index (κ2) is 10.8. The van der Waals surface area contributed by atoms with Crippen LogP contribution in [0.15, 0.2) is 79.5 Å². The van der Waals surface area contributed by atoms with Crippen molar-refractivity contribution in [1.29, 1.82) is 0 Å². The molecule has 3 aromatic carbocycles. The van der Waals surface area contributed by atoms with Crippen LogP contribution in [0.25, 0.3) is 6.08 Å². The molecule has 0 unspecified atom stereocenters. The molecule has 0 atom stereocenters. The average Bonchev–Trinajstić information content (AvgIpc) is 3.07. The third-order valence-corrected chi connectivity index (χ3v) is 7.40. The lowest BCUT2D eigenvalue weighted by molar-refractivity contribution is -0.121. The number of likely N-dealkylation sites (N-methyl/N-ethyl adjacent to an activating group) is 1. The SMILES string of the molecule is Cc1ccc(COc2c(Br)cc(/C=C3\SC(=Nc4ccc(C(=O)O)cc4)N(C)C3=O)cc2Br)cc1. The largest absolute Gasteiger partial charge is 0.487 e. The summed E-state index contributed by atoms with van der Waals surface area (Å²) in [7, 11) is 1.66. The van der Waals surface area contributed by atoms with Gasteiger partial charge < -0.3 is 9.84 Å². The summed E-state index contributed by atoms with van der Waals surface area (Å²) in [6.07, 6.45) is 1.80. The topological polar surface area (TPSA) is 79.2 Å². The van der Waals surface area contributed by atoms with Gasteiger partial charge in [-0.3, -0.25) is 9.69 Å². The number of carboxylic acid groups (broad SMARTS) is 1. The van der Waals surface area contributed by atoms with Crippen LogP contribution in [0.5, 0.6) is 5.75 Å². The van der Waals surface area contributed by atoms with Gasteiger partial charge in [-0.25, -0.2) is 9.79 Å². The van der Waals surface area contributed by atoms with E-state index in [9.17, 15) is 9.59 Å². The minimum absolute atomic E-state index is 0.164. The van der Waals surface area contributed by atoms with Crippen LogP contribution in [0, 0.1) is 6.92 Å². The highest BCUT2D eigenvalue weighted by atomic mass is 79.9. The normalized spacial score (nSPS) is 15.8. The van der Waals surface area contributed by atoms with Crippen LogP contribution in [0.1, 0.15) is 27.0 Å². The van der Waals surface area contributed by atoms with E-state index in [1.54, 1.807) is 25.3 Å². The molecule has 35 heavy (non-hydrogen) atoms. The molecule has 1 saturated heterocycles. The molecule has 0 aliphatic carbocycles. The van der Waals surface area contributed by atoms with E-state index in [1.165, 1.54) is 34.4 Å². The Morgan fingerprint density at radius 3 is 2.31 bits per heavy atom. The van der Waals surface area contributed by atoms with E-state index < -0.39 is 5.97 Å². The number of aliphatic imine (C=N–C) groups is 1. The molecule has 1 aliphatic heterocycles. The summed E-state index contributed by atoms with van der Waals surface area (Å²) < 4.78 is 7.54. The number of hydrogen-bond acceptors (Lipinski definition) is 5. The molecule has 9 heteroatoms. The molecule has 1 amide bonds. The van der Waals surface area contributed by atoms with Gasteiger partial charge in [-0.1, -0.05) is 29.8 Å². The van der Waals surface area contributed by atoms with E-state index in [0.717, 1.165) is 20.1 Å². The molecule has 178 valence electrons. The number of carbonyl (C=O) groups excluding carboxylic acids is 1. The molecule has 0 spiro atoms. The van der Waals surface area contributed by atoms with E-state index in [-0.39, 0.29) is 11.5 Å². The number of carboxylic acids is 1. The van der Waals surface area contributed by atoms with Crippen LogP contribution in [-0.4, -0.2) is 34.1 Å². The smallest absolute Gasteiger partial charge is 0.335 e. The molecule has 0 saturated carbocycles. The van der Waals surface area contributed by atoms with Crippen molar-refractivity contribution in [2.45, 2.75) is 13.5 Å². The number of carbonyl (C=O) groups is 2. The van der Waals surface area contributed by atoms with Crippen molar-refractivity contribution in [3.63, 3.8) is 0 Å². The Hall–Kier alpha value is -2.88. The summed E-state index contributed by atoms with van der Waals surface area (Å²) >= 11 is 8.42. The van der Waals surface area contributed by atoms with Gasteiger partial charge in [-0.05, 0) is 104 Å². The van der Waals surface area contributed by atoms with Gasteiger partial charge in [-0.2, -0.15) is 0 Å². The quantitative estimate of drug-likeness (QED) is 0.301. The number of aryl methyl sites for hydroxylation is 1. The van der Waals surface area contributed by atoms with E-state index in [0.29, 0.717) is 28.1 Å². The van der Waals surface area contributed by atoms with Gasteiger partial charge in [0.2, 0.25) is 0 Å². The molecule has 4 rings (SSSR count). The zero-order valence-corrected chi connectivity index (χ0v) is 22.8. The molecular formula is C26H20Br2N2O4S. The van der Waals surface area contributed by atoms with Crippen molar-refractivity contribution in [3.8, 4) is 5.75 Å². The molecule has 6 nitrogen and oxygen atoms in total. The first-order chi connectivity index (χ1) is 16.7. The molecule has 1 heterocycles. The molecule has 3 aromatic rings. The Morgan fingerprint density at radius 2 is 1.71 bits per heavy atom. The summed E-state index contributed by atoms with van der Waals surface area (Å²) in [5.74, 6) is -0.481. The standard InChI is InChI=1S/C26H20Br2N2O4S/c1-15-3-5-16(6-4-15)14-34-23-20(27)11-17(12-21(23)28)13-22-24(31)30(2)26(35-22)29-19-9-7-18(8-10-19)25(32)33/h3-13H,14H2,1-2H3,(H,32,33)/b22-13-,29-26?. The van der Waals surface area contributed by atoms with E-state index in [1.807, 2.05) is 43.3 Å². The highest BCUT2D eigenvalue weighted by Crippen LogP contribution is 2.38. The molecule has 1 aliphatic rings. The molecule has 0 radical (unpaired) electrons. The monoisotopic (exact) mass is 614 g/mol. The number of aromatic carboxylic acids is 1. The van der Waals surface area contributed by atoms with Gasteiger partial charge in [-0.15, -0.1) is 0 Å². The van der Waals surface area contributed by atoms with E-state index in [2.05, 4.69) is 36.9 Å². The number of hydrogen-bond donors (Lipinski definition) is 1. The van der Waals surface area contributed by atoms with Crippen molar-refractivity contribution in [2.75, 3.05) is 7.05 Å². The zero-order chi connectivity index (χ0) is 25.1. The maximum Gasteiger partial charge on any atom is 0.335 e. The van der Waals surface area contributed by atoms with Crippen molar-refractivity contribution in [1.82, 2.24) is 4.90 Å². The van der Waals surface area contributed by atoms with Crippen LogP contribution < -0.4 is 4.74 Å². The Morgan fingerprint density at radius 1 is 1.09 bits per heavy atom. The third kappa shape index (κ3) is 6.04. The van der Waals surface area contributed by atoms with Gasteiger partial charge in [0, 0.05) is 7.05 Å². The van der Waals surface area contributed by atoms with Crippen molar-refractivity contribution in [2.24, 2.45) is 4.99 Å². The van der Waals surface area contributed by atoms with Gasteiger partial charge >= 0.3 is 5.97 Å². The van der Waals surface area contributed by atoms with Gasteiger partial charge in [0.15, 0.2) is 5.17 Å². The molecule has 1 N–H and O–H groups in total. The number of amides is 1. The highest BCUT2D eigenvalue weighted by Gasteiger charge is 2.30. The van der Waals surface area contributed by atoms with Crippen LogP contribution in [-0.2, 0) is 11.4 Å². The van der Waals surface area contributed by atoms with E-state index in [4.69, 9.17) is 9.84 Å². The van der Waals surface area contributed by atoms with Crippen molar-refractivity contribution in [3.05, 3.63) is 96.8 Å². The number of halogens is 2. The maximum absolute atomic E-state index is 12.8. The second-order valence-electron chi connectivity index (χ2n) is 7.81. The molecule has 0 bridgehead atoms. The Labute approximate surface area is 224 Å². The average molecular weight is 616 g/mol. The highest BCUT2D eigenvalue weighted by molar-refractivity contribution is 9.11. The van der Waals surface area contributed by atoms with Crippen molar-refractivity contribution < 1.29 is 19.4 Å². The number of benzene rings is 3. The van der Waals surface area contributed by atoms with Gasteiger partial charge in [0.1, 0.15) is 12.4 Å². The minimum Gasteiger partial charge on any atom is -0.487 e. The third-order valence-electron chi connectivity index (χ3n) is 5.16. The number of rotatable bonds is 6. The number of thioether (sulfide) groups is 1. The number of nitrogens with zero attached hydrogens (tertiary/aromatic N) is 2. The lowest BCUT2D eigenvalue weighted by Gasteiger charge is -2.12. The Bertz CT molecular complexity index is 1330. The fourth-order valence-electron chi connectivity index (χ4n) is 3.23. The molecule has 1 fully saturated rings. The zero-order valence-electron chi connectivity index (χ0n) is 18.8. The lowest BCUT2D eigenvalue weighted by Crippen LogP contribution is -2.23. The minimum atomic E-state index is -0.999. The van der Waals surface area contributed by atoms with E-state index >= 15 is 0 Å². The molecular weight excluding hydrogens is 596 g/mol. The first-order valence-corrected chi connectivity index (χ1v) is 12.9. The summed E-state index contributed by atoms with van der Waals surface area (Å²) in [6, 6.07) is 18.2. The fourth-order valence-corrected chi connectivity index (χ4v) is 5.67. The first kappa shape index (κ1) is 25.2. The molecule has 0 aromatic heterocycles. The van der Waals surface area contributed by atoms with Crippen LogP contribution in [0.2, 0.25) is 0 Å². The second-order valence-corrected chi connectivity index (χ2v) is 10.5. The van der Waals surface area contributed by atoms with Gasteiger partial charge in [0.25, 0.3) is 5.91 Å². The maximum atomic E-state index is 12.8. The number of amidine groups is 1. The van der Waals surface area contributed by atoms with Crippen LogP contribution in [0.3, 0.4) is 0 Å². The summed E-state index contributed by atoms with van der Waals surface area (Å²) in [5.41, 5.74) is 3.84. The first-order valence-electron chi connectivity index (χ1n) is 10.5. The number of ether oxygens (including phenoxy) is 1. The fraction of sp³-hybridized carbons (Fsp3) is 0.115. The Kier molecular flexibility index (Phi) is 7.78. The Balaban J connectivity index is 1.52. The predicted octanol–water partition coefficient (Wildman–Crippen LogP) is 7.03. The van der Waals surface area contributed by atoms with Crippen molar-refractivity contribution >= 4 is 72.4 Å². The van der Waals surface area contributed by atoms with Crippen LogP contribution in [0.4, 0.5) is 5.69 Å². The predicted molar refractivity (Wildman–Crippen MR) is 146 cm³/mol. The van der Waals surface area contributed by atoms with Crippen LogP contribution >= 0.6 is 43.6 Å². The summed E-state index contributed by atoms with van der Waals surface area (Å²) in [5, 5.41) is 9.56. The summed E-state index contributed by atoms with van der Waals surface area (Å²) in [4.78, 5) is 30.3. The lowest BCUT2D eigenvalue weighted by atomic mass is 10.1. The van der Waals surface area contributed by atoms with Gasteiger partial charge in [0.05, 0.1) is 25.1 Å². The summed E-state index contributed by atoms with van der Waals surface area (Å²) in [6.45, 7) is 2.48.